The van der Waals surface area contributed by atoms with Crippen LogP contribution < -0.4 is 11.5 Å². The van der Waals surface area contributed by atoms with Gasteiger partial charge in [-0.2, -0.15) is 0 Å². The van der Waals surface area contributed by atoms with Crippen LogP contribution in [0.1, 0.15) is 97.3 Å². The predicted molar refractivity (Wildman–Crippen MR) is 146 cm³/mol. The number of nitrogens with one attached hydrogen (secondary N) is 1. The van der Waals surface area contributed by atoms with Gasteiger partial charge in [0.2, 0.25) is 5.96 Å². The maximum absolute atomic E-state index is 13.3. The Balaban J connectivity index is 2.05. The number of aliphatic hydroxyl groups excluding tert-OH is 1. The first-order chi connectivity index (χ1) is 17.8. The summed E-state index contributed by atoms with van der Waals surface area (Å²) >= 11 is 0. The van der Waals surface area contributed by atoms with E-state index in [1.54, 1.807) is 0 Å². The number of unbranched alkanes of at least 4 members (excludes halogenated alkanes) is 4. The number of hydrogen-bond donors (Lipinski definition) is 5. The molecule has 2 rings (SSSR count). The highest BCUT2D eigenvalue weighted by Gasteiger charge is 2.41. The van der Waals surface area contributed by atoms with Gasteiger partial charge in [-0.3, -0.25) is 10.6 Å². The lowest BCUT2D eigenvalue weighted by Gasteiger charge is -2.34. The van der Waals surface area contributed by atoms with Gasteiger partial charge in [0.05, 0.1) is 24.3 Å². The van der Waals surface area contributed by atoms with E-state index >= 15 is 0 Å². The maximum Gasteiger partial charge on any atom is 0.337 e. The SMILES string of the molecule is CCCC=CCCC(O)CC1CCC2=C(C(=O)OCCCCN(O)C(=N)N)C(CCCCC)N=C(N)N21. The number of hydroxylamine groups is 2. The summed E-state index contributed by atoms with van der Waals surface area (Å²) in [5.41, 5.74) is 13.1. The lowest BCUT2D eigenvalue weighted by Crippen LogP contribution is -2.46. The Hall–Kier alpha value is -2.59. The number of carbonyl (C=O) groups excluding carboxylic acids is 1. The molecule has 1 saturated heterocycles. The normalized spacial score (nSPS) is 20.2. The molecule has 10 heteroatoms. The third kappa shape index (κ3) is 9.66. The first-order valence-corrected chi connectivity index (χ1v) is 14.0. The second-order valence-electron chi connectivity index (χ2n) is 10.0. The van der Waals surface area contributed by atoms with Gasteiger partial charge >= 0.3 is 5.97 Å². The molecule has 7 N–H and O–H groups in total. The lowest BCUT2D eigenvalue weighted by molar-refractivity contribution is -0.139. The molecule has 2 aliphatic heterocycles. The monoisotopic (exact) mass is 520 g/mol. The van der Waals surface area contributed by atoms with Crippen LogP contribution in [0.25, 0.3) is 0 Å². The second kappa shape index (κ2) is 16.3. The number of aliphatic hydroxyl groups is 1. The molecule has 3 unspecified atom stereocenters. The number of rotatable bonds is 17. The van der Waals surface area contributed by atoms with Gasteiger partial charge < -0.3 is 26.2 Å². The summed E-state index contributed by atoms with van der Waals surface area (Å²) < 4.78 is 5.63. The van der Waals surface area contributed by atoms with Crippen LogP contribution in [0.4, 0.5) is 0 Å². The summed E-state index contributed by atoms with van der Waals surface area (Å²) in [6, 6.07) is -0.307. The third-order valence-corrected chi connectivity index (χ3v) is 6.96. The Morgan fingerprint density at radius 3 is 2.70 bits per heavy atom. The van der Waals surface area contributed by atoms with E-state index in [-0.39, 0.29) is 31.2 Å². The van der Waals surface area contributed by atoms with Crippen molar-refractivity contribution in [3.8, 4) is 0 Å². The van der Waals surface area contributed by atoms with E-state index in [2.05, 4.69) is 26.0 Å². The average Bonchev–Trinajstić information content (AvgIpc) is 3.27. The van der Waals surface area contributed by atoms with Crippen LogP contribution in [0.2, 0.25) is 0 Å². The minimum atomic E-state index is -0.442. The van der Waals surface area contributed by atoms with Crippen LogP contribution in [0.5, 0.6) is 0 Å². The summed E-state index contributed by atoms with van der Waals surface area (Å²) in [4.78, 5) is 20.0. The second-order valence-corrected chi connectivity index (χ2v) is 10.0. The van der Waals surface area contributed by atoms with Gasteiger partial charge in [-0.15, -0.1) is 0 Å². The summed E-state index contributed by atoms with van der Waals surface area (Å²) in [7, 11) is 0. The highest BCUT2D eigenvalue weighted by atomic mass is 16.5. The molecule has 0 aromatic carbocycles. The summed E-state index contributed by atoms with van der Waals surface area (Å²) in [6.45, 7) is 4.69. The van der Waals surface area contributed by atoms with Crippen molar-refractivity contribution in [3.63, 3.8) is 0 Å². The fourth-order valence-electron chi connectivity index (χ4n) is 4.97. The zero-order valence-corrected chi connectivity index (χ0v) is 22.7. The van der Waals surface area contributed by atoms with E-state index in [9.17, 15) is 15.1 Å². The molecule has 37 heavy (non-hydrogen) atoms. The number of nitrogens with zero attached hydrogens (tertiary/aromatic N) is 3. The zero-order chi connectivity index (χ0) is 27.2. The fourth-order valence-corrected chi connectivity index (χ4v) is 4.97. The molecule has 0 saturated carbocycles. The topological polar surface area (TPSA) is 161 Å². The number of esters is 1. The van der Waals surface area contributed by atoms with Crippen molar-refractivity contribution in [2.24, 2.45) is 16.5 Å². The summed E-state index contributed by atoms with van der Waals surface area (Å²) in [6.07, 6.45) is 14.6. The molecule has 10 nitrogen and oxygen atoms in total. The number of ether oxygens (including phenoxy) is 1. The number of guanidine groups is 2. The summed E-state index contributed by atoms with van der Waals surface area (Å²) in [5, 5.41) is 28.0. The van der Waals surface area contributed by atoms with E-state index in [0.717, 1.165) is 57.1 Å². The molecule has 2 heterocycles. The van der Waals surface area contributed by atoms with Gasteiger partial charge in [0.25, 0.3) is 0 Å². The molecule has 1 fully saturated rings. The van der Waals surface area contributed by atoms with Crippen molar-refractivity contribution in [2.45, 2.75) is 116 Å². The molecule has 0 aromatic rings. The highest BCUT2D eigenvalue weighted by molar-refractivity contribution is 5.95. The molecule has 0 bridgehead atoms. The molecular formula is C27H48N6O4. The molecule has 0 radical (unpaired) electrons. The van der Waals surface area contributed by atoms with Crippen molar-refractivity contribution in [1.29, 1.82) is 5.41 Å². The molecule has 0 spiro atoms. The van der Waals surface area contributed by atoms with E-state index in [1.165, 1.54) is 0 Å². The minimum Gasteiger partial charge on any atom is -0.462 e. The Bertz CT molecular complexity index is 828. The first kappa shape index (κ1) is 30.6. The number of allylic oxidation sites excluding steroid dienone is 3. The first-order valence-electron chi connectivity index (χ1n) is 14.0. The number of carbonyl (C=O) groups is 1. The molecule has 0 aliphatic carbocycles. The minimum absolute atomic E-state index is 0.00915. The predicted octanol–water partition coefficient (Wildman–Crippen LogP) is 3.78. The Morgan fingerprint density at radius 2 is 2.00 bits per heavy atom. The molecule has 0 aromatic heterocycles. The van der Waals surface area contributed by atoms with E-state index < -0.39 is 12.1 Å². The van der Waals surface area contributed by atoms with Crippen molar-refractivity contribution >= 4 is 17.9 Å². The van der Waals surface area contributed by atoms with Gasteiger partial charge in [0.15, 0.2) is 5.96 Å². The molecule has 210 valence electrons. The van der Waals surface area contributed by atoms with E-state index in [4.69, 9.17) is 26.6 Å². The zero-order valence-electron chi connectivity index (χ0n) is 22.7. The molecular weight excluding hydrogens is 472 g/mol. The standard InChI is InChI=1S/C27H48N6O4/c1-3-5-7-8-10-13-21(34)19-20-15-16-23-24(22(14-9-6-4-2)31-27(30)33(20)23)25(35)37-18-12-11-17-32(36)26(28)29/h7-8,20-22,34,36H,3-6,9-19H2,1-2H3,(H3,28,29)(H2,30,31). The molecule has 3 atom stereocenters. The van der Waals surface area contributed by atoms with Gasteiger partial charge in [-0.05, 0) is 57.8 Å². The molecule has 2 aliphatic rings. The average molecular weight is 521 g/mol. The Kier molecular flexibility index (Phi) is 13.5. The van der Waals surface area contributed by atoms with Crippen LogP contribution in [0, 0.1) is 5.41 Å². The number of fused-ring (bicyclic) bond motifs is 1. The lowest BCUT2D eigenvalue weighted by atomic mass is 9.97. The van der Waals surface area contributed by atoms with E-state index in [1.807, 2.05) is 4.90 Å². The van der Waals surface area contributed by atoms with Crippen molar-refractivity contribution < 1.29 is 19.8 Å². The van der Waals surface area contributed by atoms with Crippen LogP contribution >= 0.6 is 0 Å². The van der Waals surface area contributed by atoms with Crippen LogP contribution in [-0.2, 0) is 9.53 Å². The summed E-state index contributed by atoms with van der Waals surface area (Å²) in [5.74, 6) is -0.351. The van der Waals surface area contributed by atoms with Crippen LogP contribution in [0.15, 0.2) is 28.4 Å². The van der Waals surface area contributed by atoms with Crippen LogP contribution in [0.3, 0.4) is 0 Å². The van der Waals surface area contributed by atoms with Gasteiger partial charge in [0.1, 0.15) is 0 Å². The maximum atomic E-state index is 13.3. The van der Waals surface area contributed by atoms with Gasteiger partial charge in [-0.25, -0.2) is 14.9 Å². The van der Waals surface area contributed by atoms with Crippen LogP contribution in [-0.4, -0.2) is 69.5 Å². The smallest absolute Gasteiger partial charge is 0.337 e. The van der Waals surface area contributed by atoms with Crippen molar-refractivity contribution in [2.75, 3.05) is 13.2 Å². The van der Waals surface area contributed by atoms with Crippen molar-refractivity contribution in [3.05, 3.63) is 23.4 Å². The quantitative estimate of drug-likeness (QED) is 0.0483. The third-order valence-electron chi connectivity index (χ3n) is 6.96. The number of hydrogen-bond acceptors (Lipinski definition) is 8. The Labute approximate surface area is 221 Å². The number of nitrogens with two attached hydrogens (primary N) is 2. The molecule has 0 amide bonds. The Morgan fingerprint density at radius 1 is 1.24 bits per heavy atom. The fraction of sp³-hybridized carbons (Fsp3) is 0.741. The van der Waals surface area contributed by atoms with Gasteiger partial charge in [-0.1, -0.05) is 51.7 Å². The highest BCUT2D eigenvalue weighted by Crippen LogP contribution is 2.38. The number of aliphatic imine (C=N–C) groups is 1. The largest absolute Gasteiger partial charge is 0.462 e. The van der Waals surface area contributed by atoms with Gasteiger partial charge in [0, 0.05) is 18.3 Å². The van der Waals surface area contributed by atoms with Crippen molar-refractivity contribution in [1.82, 2.24) is 9.96 Å². The van der Waals surface area contributed by atoms with E-state index in [0.29, 0.717) is 48.7 Å².